The van der Waals surface area contributed by atoms with Gasteiger partial charge < -0.3 is 0 Å². The van der Waals surface area contributed by atoms with Crippen molar-refractivity contribution in [2.75, 3.05) is 0 Å². The second kappa shape index (κ2) is 2.27. The molecule has 0 unspecified atom stereocenters. The molecule has 0 aromatic carbocycles. The summed E-state index contributed by atoms with van der Waals surface area (Å²) in [6.07, 6.45) is 3.38. The van der Waals surface area contributed by atoms with Crippen LogP contribution in [0.3, 0.4) is 0 Å². The van der Waals surface area contributed by atoms with Crippen LogP contribution in [0.5, 0.6) is 0 Å². The smallest absolute Gasteiger partial charge is 0.264 e. The van der Waals surface area contributed by atoms with E-state index in [9.17, 15) is 0 Å². The number of hydrogen-bond donors (Lipinski definition) is 1. The van der Waals surface area contributed by atoms with Crippen molar-refractivity contribution < 1.29 is 5.26 Å². The molecule has 9 heavy (non-hydrogen) atoms. The Morgan fingerprint density at radius 1 is 1.67 bits per heavy atom. The molecule has 0 saturated heterocycles. The minimum Gasteiger partial charge on any atom is -0.264 e. The van der Waals surface area contributed by atoms with E-state index in [1.54, 1.807) is 18.5 Å². The first kappa shape index (κ1) is 5.77. The first-order valence-electron chi connectivity index (χ1n) is 2.68. The molecule has 0 aliphatic carbocycles. The Balaban J connectivity index is 3.20. The molecular formula is C7H7N2+. The Kier molecular flexibility index (Phi) is 1.46. The largest absolute Gasteiger partial charge is 0.308 e. The van der Waals surface area contributed by atoms with Gasteiger partial charge in [-0.1, -0.05) is 5.26 Å². The monoisotopic (exact) mass is 119 g/mol. The van der Waals surface area contributed by atoms with Crippen molar-refractivity contribution in [2.45, 2.75) is 6.92 Å². The van der Waals surface area contributed by atoms with Gasteiger partial charge in [0, 0.05) is 12.4 Å². The summed E-state index contributed by atoms with van der Waals surface area (Å²) >= 11 is 0. The highest BCUT2D eigenvalue weighted by molar-refractivity contribution is 5.32. The van der Waals surface area contributed by atoms with Crippen LogP contribution < -0.4 is 5.26 Å². The maximum atomic E-state index is 6.81. The van der Waals surface area contributed by atoms with Crippen molar-refractivity contribution in [1.82, 2.24) is 4.98 Å². The van der Waals surface area contributed by atoms with E-state index in [4.69, 9.17) is 5.26 Å². The van der Waals surface area contributed by atoms with E-state index in [-0.39, 0.29) is 0 Å². The molecular weight excluding hydrogens is 112 g/mol. The van der Waals surface area contributed by atoms with Crippen molar-refractivity contribution in [1.29, 1.82) is 0 Å². The van der Waals surface area contributed by atoms with Crippen molar-refractivity contribution in [2.24, 2.45) is 0 Å². The molecule has 0 aliphatic rings. The number of nitrogens with one attached hydrogen (secondary N) is 1. The van der Waals surface area contributed by atoms with Crippen molar-refractivity contribution in [3.05, 3.63) is 29.6 Å². The fourth-order valence-electron chi connectivity index (χ4n) is 0.614. The molecule has 1 aromatic rings. The van der Waals surface area contributed by atoms with Gasteiger partial charge in [-0.15, -0.1) is 0 Å². The zero-order valence-corrected chi connectivity index (χ0v) is 5.18. The molecule has 0 amide bonds. The average molecular weight is 119 g/mol. The quantitative estimate of drug-likeness (QED) is 0.491. The number of rotatable bonds is 0. The molecule has 0 atom stereocenters. The summed E-state index contributed by atoms with van der Waals surface area (Å²) in [6.45, 7) is 1.91. The Morgan fingerprint density at radius 2 is 2.44 bits per heavy atom. The first-order valence-corrected chi connectivity index (χ1v) is 2.68. The summed E-state index contributed by atoms with van der Waals surface area (Å²) in [5.41, 5.74) is 1.80. The zero-order valence-electron chi connectivity index (χ0n) is 5.18. The van der Waals surface area contributed by atoms with Gasteiger partial charge in [-0.25, -0.2) is 0 Å². The molecule has 0 fully saturated rings. The maximum absolute atomic E-state index is 6.81. The first-order chi connectivity index (χ1) is 4.34. The Hall–Kier alpha value is -1.36. The lowest BCUT2D eigenvalue weighted by Crippen LogP contribution is -2.17. The highest BCUT2D eigenvalue weighted by Gasteiger charge is 1.95. The van der Waals surface area contributed by atoms with Crippen molar-refractivity contribution in [3.8, 4) is 6.07 Å². The summed E-state index contributed by atoms with van der Waals surface area (Å²) in [5, 5.41) is 6.81. The van der Waals surface area contributed by atoms with Crippen molar-refractivity contribution >= 4 is 0 Å². The van der Waals surface area contributed by atoms with Gasteiger partial charge in [0.1, 0.15) is 5.56 Å². The highest BCUT2D eigenvalue weighted by atomic mass is 14.6. The van der Waals surface area contributed by atoms with Gasteiger partial charge in [0.2, 0.25) is 0 Å². The summed E-state index contributed by atoms with van der Waals surface area (Å²) in [4.78, 5) is 3.87. The Labute approximate surface area is 53.8 Å². The Bertz CT molecular complexity index is 247. The zero-order chi connectivity index (χ0) is 6.69. The van der Waals surface area contributed by atoms with E-state index in [0.717, 1.165) is 11.1 Å². The normalized spacial score (nSPS) is 8.44. The molecule has 1 heterocycles. The third-order valence-corrected chi connectivity index (χ3v) is 1.15. The summed E-state index contributed by atoms with van der Waals surface area (Å²) in [7, 11) is 0. The van der Waals surface area contributed by atoms with Gasteiger partial charge in [-0.2, -0.15) is 0 Å². The SMILES string of the molecule is Cc1cnccc1C#[NH+]. The summed E-state index contributed by atoms with van der Waals surface area (Å²) < 4.78 is 0. The van der Waals surface area contributed by atoms with Crippen LogP contribution in [-0.2, 0) is 0 Å². The molecule has 0 aliphatic heterocycles. The number of hydrogen-bond acceptors (Lipinski definition) is 1. The van der Waals surface area contributed by atoms with Gasteiger partial charge >= 0.3 is 6.07 Å². The predicted molar refractivity (Wildman–Crippen MR) is 32.9 cm³/mol. The summed E-state index contributed by atoms with van der Waals surface area (Å²) in [6, 6.07) is 4.07. The van der Waals surface area contributed by atoms with Crippen LogP contribution in [0, 0.1) is 13.0 Å². The number of aryl methyl sites for hydroxylation is 1. The van der Waals surface area contributed by atoms with Crippen LogP contribution in [-0.4, -0.2) is 4.98 Å². The molecule has 2 heteroatoms. The number of nitrogens with zero attached hydrogens (tertiary/aromatic N) is 1. The van der Waals surface area contributed by atoms with E-state index >= 15 is 0 Å². The fourth-order valence-corrected chi connectivity index (χ4v) is 0.614. The van der Waals surface area contributed by atoms with Crippen LogP contribution in [0.4, 0.5) is 0 Å². The number of pyridine rings is 1. The average Bonchev–Trinajstić information content (AvgIpc) is 1.89. The molecule has 44 valence electrons. The van der Waals surface area contributed by atoms with E-state index < -0.39 is 0 Å². The lowest BCUT2D eigenvalue weighted by molar-refractivity contribution is -0.0909. The topological polar surface area (TPSA) is 36.7 Å². The second-order valence-electron chi connectivity index (χ2n) is 1.82. The van der Waals surface area contributed by atoms with Crippen LogP contribution in [0.2, 0.25) is 0 Å². The van der Waals surface area contributed by atoms with E-state index in [0.29, 0.717) is 0 Å². The van der Waals surface area contributed by atoms with Crippen LogP contribution in [0.1, 0.15) is 11.1 Å². The third kappa shape index (κ3) is 1.06. The lowest BCUT2D eigenvalue weighted by Gasteiger charge is -1.87. The molecule has 0 bridgehead atoms. The maximum Gasteiger partial charge on any atom is 0.308 e. The molecule has 1 aromatic heterocycles. The standard InChI is InChI=1S/C7H6N2/c1-6-5-9-3-2-7(6)4-8/h2-3,5H,1H3/p+1. The minimum atomic E-state index is 0.810. The van der Waals surface area contributed by atoms with E-state index in [1.165, 1.54) is 0 Å². The summed E-state index contributed by atoms with van der Waals surface area (Å²) in [5.74, 6) is 0. The fraction of sp³-hybridized carbons (Fsp3) is 0.143. The molecule has 0 radical (unpaired) electrons. The lowest BCUT2D eigenvalue weighted by atomic mass is 10.2. The van der Waals surface area contributed by atoms with Crippen molar-refractivity contribution in [3.63, 3.8) is 0 Å². The van der Waals surface area contributed by atoms with Gasteiger partial charge in [-0.3, -0.25) is 4.98 Å². The van der Waals surface area contributed by atoms with Crippen LogP contribution in [0.15, 0.2) is 18.5 Å². The minimum absolute atomic E-state index is 0.810. The molecule has 1 rings (SSSR count). The second-order valence-corrected chi connectivity index (χ2v) is 1.82. The van der Waals surface area contributed by atoms with E-state index in [2.05, 4.69) is 11.1 Å². The molecule has 2 nitrogen and oxygen atoms in total. The van der Waals surface area contributed by atoms with Gasteiger partial charge in [-0.05, 0) is 18.6 Å². The van der Waals surface area contributed by atoms with Gasteiger partial charge in [0.15, 0.2) is 0 Å². The third-order valence-electron chi connectivity index (χ3n) is 1.15. The van der Waals surface area contributed by atoms with Crippen LogP contribution in [0.25, 0.3) is 0 Å². The Morgan fingerprint density at radius 3 is 2.89 bits per heavy atom. The molecule has 0 spiro atoms. The predicted octanol–water partition coefficient (Wildman–Crippen LogP) is -0.489. The van der Waals surface area contributed by atoms with Crippen LogP contribution >= 0.6 is 0 Å². The van der Waals surface area contributed by atoms with Gasteiger partial charge in [0.25, 0.3) is 0 Å². The highest BCUT2D eigenvalue weighted by Crippen LogP contribution is 2.00. The molecule has 1 N–H and O–H groups in total. The van der Waals surface area contributed by atoms with E-state index in [1.807, 2.05) is 6.92 Å². The van der Waals surface area contributed by atoms with Gasteiger partial charge in [0.05, 0.1) is 0 Å². The molecule has 0 saturated carbocycles. The number of aromatic nitrogens is 1.